The second-order valence-corrected chi connectivity index (χ2v) is 9.87. The Morgan fingerprint density at radius 2 is 1.91 bits per heavy atom. The third kappa shape index (κ3) is 7.61. The number of rotatable bonds is 13. The molecule has 0 bridgehead atoms. The fourth-order valence-electron chi connectivity index (χ4n) is 3.78. The summed E-state index contributed by atoms with van der Waals surface area (Å²) in [5.74, 6) is -0.744. The van der Waals surface area contributed by atoms with E-state index >= 15 is 0 Å². The molecule has 0 saturated heterocycles. The van der Waals surface area contributed by atoms with Gasteiger partial charge in [0.1, 0.15) is 5.78 Å². The molecule has 3 rings (SSSR count). The van der Waals surface area contributed by atoms with Gasteiger partial charge in [-0.15, -0.1) is 11.3 Å². The van der Waals surface area contributed by atoms with Crippen molar-refractivity contribution in [2.75, 3.05) is 0 Å². The molecule has 178 valence electrons. The molecule has 3 aromatic rings. The van der Waals surface area contributed by atoms with Gasteiger partial charge in [0.25, 0.3) is 0 Å². The van der Waals surface area contributed by atoms with Gasteiger partial charge in [-0.25, -0.2) is 4.98 Å². The van der Waals surface area contributed by atoms with E-state index in [9.17, 15) is 14.4 Å². The molecule has 1 aromatic heterocycles. The highest BCUT2D eigenvalue weighted by atomic mass is 35.5. The highest BCUT2D eigenvalue weighted by Gasteiger charge is 2.26. The Bertz CT molecular complexity index is 1160. The number of thiazole rings is 1. The summed E-state index contributed by atoms with van der Waals surface area (Å²) < 4.78 is 0.952. The van der Waals surface area contributed by atoms with Crippen molar-refractivity contribution in [3.05, 3.63) is 76.8 Å². The molecule has 0 aliphatic carbocycles. The molecule has 0 fully saturated rings. The Hall–Kier alpha value is -2.83. The average molecular weight is 497 g/mol. The molecule has 0 aliphatic rings. The van der Waals surface area contributed by atoms with Crippen molar-refractivity contribution in [2.45, 2.75) is 51.5 Å². The second kappa shape index (κ2) is 12.6. The van der Waals surface area contributed by atoms with Gasteiger partial charge in [0.05, 0.1) is 21.1 Å². The van der Waals surface area contributed by atoms with Crippen LogP contribution in [-0.2, 0) is 27.2 Å². The van der Waals surface area contributed by atoms with Gasteiger partial charge in [-0.05, 0) is 42.7 Å². The van der Waals surface area contributed by atoms with Crippen LogP contribution in [0.1, 0.15) is 43.2 Å². The predicted molar refractivity (Wildman–Crippen MR) is 138 cm³/mol. The van der Waals surface area contributed by atoms with Crippen LogP contribution in [0.15, 0.2) is 61.2 Å². The lowest BCUT2D eigenvalue weighted by molar-refractivity contribution is -0.130. The number of ketones is 2. The van der Waals surface area contributed by atoms with Gasteiger partial charge in [-0.1, -0.05) is 55.4 Å². The second-order valence-electron chi connectivity index (χ2n) is 8.32. The zero-order valence-corrected chi connectivity index (χ0v) is 20.8. The van der Waals surface area contributed by atoms with Gasteiger partial charge in [-0.3, -0.25) is 14.4 Å². The number of nitrogens with zero attached hydrogens (tertiary/aromatic N) is 1. The molecular weight excluding hydrogens is 468 g/mol. The highest BCUT2D eigenvalue weighted by molar-refractivity contribution is 7.18. The van der Waals surface area contributed by atoms with Gasteiger partial charge < -0.3 is 5.32 Å². The van der Waals surface area contributed by atoms with Gasteiger partial charge in [0.15, 0.2) is 5.78 Å². The number of carbonyl (C=O) groups excluding carboxylic acids is 3. The SMILES string of the molecule is C=CC(=O)CC[C@H](Cc1ccccc1)NC(=O)[C@@H](CC(=O)CC)Cc1nc2ccc(Cl)cc2s1. The van der Waals surface area contributed by atoms with Crippen LogP contribution in [0.4, 0.5) is 0 Å². The molecule has 7 heteroatoms. The van der Waals surface area contributed by atoms with Crippen LogP contribution in [0.25, 0.3) is 10.2 Å². The van der Waals surface area contributed by atoms with Crippen molar-refractivity contribution in [1.29, 1.82) is 0 Å². The first kappa shape index (κ1) is 25.8. The third-order valence-corrected chi connectivity index (χ3v) is 6.97. The molecule has 0 saturated carbocycles. The lowest BCUT2D eigenvalue weighted by atomic mass is 9.95. The number of carbonyl (C=O) groups is 3. The summed E-state index contributed by atoms with van der Waals surface area (Å²) in [6.45, 7) is 5.34. The predicted octanol–water partition coefficient (Wildman–Crippen LogP) is 5.74. The number of halogens is 1. The normalized spacial score (nSPS) is 12.8. The van der Waals surface area contributed by atoms with Gasteiger partial charge in [0.2, 0.25) is 5.91 Å². The van der Waals surface area contributed by atoms with Crippen LogP contribution in [0.3, 0.4) is 0 Å². The van der Waals surface area contributed by atoms with Crippen LogP contribution < -0.4 is 5.32 Å². The Balaban J connectivity index is 1.77. The number of fused-ring (bicyclic) bond motifs is 1. The van der Waals surface area contributed by atoms with Crippen molar-refractivity contribution in [3.63, 3.8) is 0 Å². The van der Waals surface area contributed by atoms with Crippen LogP contribution in [-0.4, -0.2) is 28.5 Å². The lowest BCUT2D eigenvalue weighted by Gasteiger charge is -2.22. The van der Waals surface area contributed by atoms with E-state index in [1.54, 1.807) is 13.0 Å². The number of hydrogen-bond acceptors (Lipinski definition) is 5. The summed E-state index contributed by atoms with van der Waals surface area (Å²) in [5, 5.41) is 4.55. The summed E-state index contributed by atoms with van der Waals surface area (Å²) in [6, 6.07) is 15.1. The lowest BCUT2D eigenvalue weighted by Crippen LogP contribution is -2.41. The summed E-state index contributed by atoms with van der Waals surface area (Å²) in [5.41, 5.74) is 1.90. The fraction of sp³-hybridized carbons (Fsp3) is 0.333. The number of benzene rings is 2. The first-order valence-corrected chi connectivity index (χ1v) is 12.6. The maximum Gasteiger partial charge on any atom is 0.224 e. The minimum atomic E-state index is -0.531. The first-order chi connectivity index (χ1) is 16.4. The van der Waals surface area contributed by atoms with Crippen LogP contribution in [0.5, 0.6) is 0 Å². The molecule has 1 amide bonds. The zero-order chi connectivity index (χ0) is 24.5. The molecule has 34 heavy (non-hydrogen) atoms. The van der Waals surface area contributed by atoms with E-state index in [2.05, 4.69) is 16.9 Å². The largest absolute Gasteiger partial charge is 0.353 e. The average Bonchev–Trinajstić information content (AvgIpc) is 3.23. The van der Waals surface area contributed by atoms with E-state index in [0.717, 1.165) is 20.8 Å². The van der Waals surface area contributed by atoms with Crippen molar-refractivity contribution >= 4 is 50.6 Å². The molecule has 0 spiro atoms. The molecular formula is C27H29ClN2O3S. The fourth-order valence-corrected chi connectivity index (χ4v) is 5.11. The summed E-state index contributed by atoms with van der Waals surface area (Å²) in [4.78, 5) is 42.1. The zero-order valence-electron chi connectivity index (χ0n) is 19.3. The number of nitrogens with one attached hydrogen (secondary N) is 1. The van der Waals surface area contributed by atoms with Crippen molar-refractivity contribution < 1.29 is 14.4 Å². The highest BCUT2D eigenvalue weighted by Crippen LogP contribution is 2.27. The van der Waals surface area contributed by atoms with Crippen molar-refractivity contribution in [2.24, 2.45) is 5.92 Å². The maximum absolute atomic E-state index is 13.4. The quantitative estimate of drug-likeness (QED) is 0.306. The number of aromatic nitrogens is 1. The minimum absolute atomic E-state index is 0.0331. The monoisotopic (exact) mass is 496 g/mol. The molecule has 1 N–H and O–H groups in total. The van der Waals surface area contributed by atoms with E-state index < -0.39 is 5.92 Å². The minimum Gasteiger partial charge on any atom is -0.353 e. The Labute approximate surface area is 209 Å². The smallest absolute Gasteiger partial charge is 0.224 e. The van der Waals surface area contributed by atoms with Crippen LogP contribution >= 0.6 is 22.9 Å². The Morgan fingerprint density at radius 3 is 2.62 bits per heavy atom. The summed E-state index contributed by atoms with van der Waals surface area (Å²) in [7, 11) is 0. The van der Waals surface area contributed by atoms with E-state index in [1.165, 1.54) is 17.4 Å². The molecule has 2 aromatic carbocycles. The summed E-state index contributed by atoms with van der Waals surface area (Å²) in [6.07, 6.45) is 3.62. The van der Waals surface area contributed by atoms with E-state index in [-0.39, 0.29) is 29.9 Å². The number of amides is 1. The van der Waals surface area contributed by atoms with E-state index in [0.29, 0.717) is 37.1 Å². The standard InChI is InChI=1S/C27H29ClN2O3S/c1-3-22(31)12-11-21(14-18-8-6-5-7-9-18)29-27(33)19(15-23(32)4-2)16-26-30-24-13-10-20(28)17-25(24)34-26/h3,5-10,13,17,19,21H,1,4,11-12,14-16H2,2H3,(H,29,33)/t19-,21+/m0/s1. The Kier molecular flexibility index (Phi) is 9.54. The van der Waals surface area contributed by atoms with E-state index in [4.69, 9.17) is 11.6 Å². The summed E-state index contributed by atoms with van der Waals surface area (Å²) >= 11 is 7.59. The molecule has 0 aliphatic heterocycles. The van der Waals surface area contributed by atoms with Crippen LogP contribution in [0.2, 0.25) is 5.02 Å². The number of Topliss-reactive ketones (excluding diaryl/α,β-unsaturated/α-hetero) is 1. The first-order valence-electron chi connectivity index (χ1n) is 11.4. The van der Waals surface area contributed by atoms with Gasteiger partial charge >= 0.3 is 0 Å². The molecule has 0 unspecified atom stereocenters. The molecule has 2 atom stereocenters. The number of hydrogen-bond donors (Lipinski definition) is 1. The third-order valence-electron chi connectivity index (χ3n) is 5.69. The van der Waals surface area contributed by atoms with Gasteiger partial charge in [0, 0.05) is 36.7 Å². The van der Waals surface area contributed by atoms with Crippen molar-refractivity contribution in [3.8, 4) is 0 Å². The maximum atomic E-state index is 13.4. The Morgan fingerprint density at radius 1 is 1.15 bits per heavy atom. The van der Waals surface area contributed by atoms with Gasteiger partial charge in [-0.2, -0.15) is 0 Å². The molecule has 0 radical (unpaired) electrons. The van der Waals surface area contributed by atoms with Crippen LogP contribution in [0, 0.1) is 5.92 Å². The molecule has 5 nitrogen and oxygen atoms in total. The van der Waals surface area contributed by atoms with E-state index in [1.807, 2.05) is 42.5 Å². The van der Waals surface area contributed by atoms with Crippen molar-refractivity contribution in [1.82, 2.24) is 10.3 Å². The number of allylic oxidation sites excluding steroid dienone is 1. The molecule has 1 heterocycles. The topological polar surface area (TPSA) is 76.1 Å².